The summed E-state index contributed by atoms with van der Waals surface area (Å²) in [6.07, 6.45) is 0. The topological polar surface area (TPSA) is 38.7 Å². The second-order valence-corrected chi connectivity index (χ2v) is 6.65. The van der Waals surface area contributed by atoms with Crippen LogP contribution in [0.1, 0.15) is 50.7 Å². The number of hydrogen-bond donors (Lipinski definition) is 1. The van der Waals surface area contributed by atoms with Crippen LogP contribution in [0.3, 0.4) is 0 Å². The van der Waals surface area contributed by atoms with Gasteiger partial charge in [0, 0.05) is 0 Å². The summed E-state index contributed by atoms with van der Waals surface area (Å²) >= 11 is 0. The fraction of sp³-hybridized carbons (Fsp3) is 0.333. The molecule has 0 atom stereocenters. The van der Waals surface area contributed by atoms with Gasteiger partial charge >= 0.3 is 8.60 Å². The molecule has 0 aliphatic carbocycles. The number of para-hydroxylation sites is 2. The zero-order valence-electron chi connectivity index (χ0n) is 13.5. The zero-order chi connectivity index (χ0) is 16.1. The molecule has 0 aliphatic heterocycles. The van der Waals surface area contributed by atoms with Crippen molar-refractivity contribution in [1.29, 1.82) is 0 Å². The van der Waals surface area contributed by atoms with Crippen LogP contribution in [-0.2, 0) is 0 Å². The Morgan fingerprint density at radius 1 is 0.727 bits per heavy atom. The molecule has 22 heavy (non-hydrogen) atoms. The van der Waals surface area contributed by atoms with E-state index in [1.807, 2.05) is 48.5 Å². The Balaban J connectivity index is 2.13. The average molecular weight is 318 g/mol. The van der Waals surface area contributed by atoms with Gasteiger partial charge in [0.2, 0.25) is 0 Å². The standard InChI is InChI=1S/C18H23O3P/c1-13(2)15-9-5-7-11-17(15)20-22(19)21-18-12-8-6-10-16(18)14(3)4/h5-14,19H,1-4H3. The summed E-state index contributed by atoms with van der Waals surface area (Å²) in [6.45, 7) is 8.38. The summed E-state index contributed by atoms with van der Waals surface area (Å²) in [6, 6.07) is 15.5. The highest BCUT2D eigenvalue weighted by molar-refractivity contribution is 7.41. The van der Waals surface area contributed by atoms with Gasteiger partial charge in [-0.3, -0.25) is 0 Å². The van der Waals surface area contributed by atoms with Crippen LogP contribution < -0.4 is 9.05 Å². The molecule has 0 saturated heterocycles. The molecule has 0 saturated carbocycles. The molecule has 0 amide bonds. The molecule has 118 valence electrons. The lowest BCUT2D eigenvalue weighted by Crippen LogP contribution is -2.00. The summed E-state index contributed by atoms with van der Waals surface area (Å²) < 4.78 is 11.3. The minimum Gasteiger partial charge on any atom is -0.418 e. The van der Waals surface area contributed by atoms with E-state index < -0.39 is 8.60 Å². The highest BCUT2D eigenvalue weighted by atomic mass is 31.2. The maximum atomic E-state index is 10.2. The summed E-state index contributed by atoms with van der Waals surface area (Å²) in [5, 5.41) is 0. The Morgan fingerprint density at radius 3 is 1.45 bits per heavy atom. The molecule has 0 aromatic heterocycles. The van der Waals surface area contributed by atoms with Crippen LogP contribution in [0.5, 0.6) is 11.5 Å². The monoisotopic (exact) mass is 318 g/mol. The average Bonchev–Trinajstić information content (AvgIpc) is 2.47. The van der Waals surface area contributed by atoms with Gasteiger partial charge in [-0.05, 0) is 35.1 Å². The van der Waals surface area contributed by atoms with Gasteiger partial charge in [-0.2, -0.15) is 0 Å². The first-order valence-corrected chi connectivity index (χ1v) is 8.65. The Labute approximate surface area is 133 Å². The number of hydrogen-bond acceptors (Lipinski definition) is 3. The van der Waals surface area contributed by atoms with Gasteiger partial charge in [0.25, 0.3) is 0 Å². The molecule has 2 rings (SSSR count). The van der Waals surface area contributed by atoms with Crippen LogP contribution in [0.2, 0.25) is 0 Å². The Kier molecular flexibility index (Phi) is 5.82. The second kappa shape index (κ2) is 7.62. The number of benzene rings is 2. The summed E-state index contributed by atoms with van der Waals surface area (Å²) in [5.41, 5.74) is 2.12. The highest BCUT2D eigenvalue weighted by Gasteiger charge is 2.17. The molecule has 0 radical (unpaired) electrons. The Morgan fingerprint density at radius 2 is 1.09 bits per heavy atom. The van der Waals surface area contributed by atoms with Gasteiger partial charge in [-0.25, -0.2) is 0 Å². The lowest BCUT2D eigenvalue weighted by atomic mass is 10.0. The Hall–Kier alpha value is -1.57. The minimum absolute atomic E-state index is 0.322. The first-order valence-electron chi connectivity index (χ1n) is 7.51. The van der Waals surface area contributed by atoms with Crippen molar-refractivity contribution in [3.63, 3.8) is 0 Å². The quantitative estimate of drug-likeness (QED) is 0.703. The second-order valence-electron chi connectivity index (χ2n) is 5.81. The van der Waals surface area contributed by atoms with E-state index in [0.29, 0.717) is 23.3 Å². The third kappa shape index (κ3) is 4.22. The van der Waals surface area contributed by atoms with Crippen LogP contribution in [0.15, 0.2) is 48.5 Å². The van der Waals surface area contributed by atoms with Gasteiger partial charge in [0.05, 0.1) is 0 Å². The first kappa shape index (κ1) is 16.8. The van der Waals surface area contributed by atoms with Crippen molar-refractivity contribution < 1.29 is 13.9 Å². The molecule has 2 aromatic carbocycles. The molecular formula is C18H23O3P. The molecule has 0 aliphatic rings. The van der Waals surface area contributed by atoms with E-state index in [-0.39, 0.29) is 0 Å². The molecule has 0 spiro atoms. The van der Waals surface area contributed by atoms with Crippen LogP contribution in [0, 0.1) is 0 Å². The molecule has 3 nitrogen and oxygen atoms in total. The van der Waals surface area contributed by atoms with Crippen molar-refractivity contribution in [2.24, 2.45) is 0 Å². The van der Waals surface area contributed by atoms with Crippen molar-refractivity contribution in [2.45, 2.75) is 39.5 Å². The number of rotatable bonds is 6. The minimum atomic E-state index is -2.02. The van der Waals surface area contributed by atoms with E-state index in [2.05, 4.69) is 27.7 Å². The van der Waals surface area contributed by atoms with Gasteiger partial charge in [0.15, 0.2) is 0 Å². The van der Waals surface area contributed by atoms with Crippen molar-refractivity contribution in [3.8, 4) is 11.5 Å². The first-order chi connectivity index (χ1) is 10.5. The molecule has 0 heterocycles. The maximum absolute atomic E-state index is 10.2. The molecule has 0 unspecified atom stereocenters. The predicted molar refractivity (Wildman–Crippen MR) is 91.5 cm³/mol. The molecule has 4 heteroatoms. The summed E-state index contributed by atoms with van der Waals surface area (Å²) in [7, 11) is -2.02. The lowest BCUT2D eigenvalue weighted by Gasteiger charge is -2.18. The van der Waals surface area contributed by atoms with Gasteiger partial charge in [-0.15, -0.1) is 0 Å². The van der Waals surface area contributed by atoms with Crippen LogP contribution in [-0.4, -0.2) is 4.89 Å². The lowest BCUT2D eigenvalue weighted by molar-refractivity contribution is 0.377. The van der Waals surface area contributed by atoms with Gasteiger partial charge < -0.3 is 13.9 Å². The normalized spacial score (nSPS) is 11.3. The van der Waals surface area contributed by atoms with Crippen molar-refractivity contribution in [2.75, 3.05) is 0 Å². The molecule has 0 bridgehead atoms. The summed E-state index contributed by atoms with van der Waals surface area (Å²) in [4.78, 5) is 10.2. The predicted octanol–water partition coefficient (Wildman–Crippen LogP) is 5.61. The molecule has 2 aromatic rings. The SMILES string of the molecule is CC(C)c1ccccc1OP(O)Oc1ccccc1C(C)C. The fourth-order valence-electron chi connectivity index (χ4n) is 2.27. The molecular weight excluding hydrogens is 295 g/mol. The van der Waals surface area contributed by atoms with Gasteiger partial charge in [-0.1, -0.05) is 64.1 Å². The highest BCUT2D eigenvalue weighted by Crippen LogP contribution is 2.41. The van der Waals surface area contributed by atoms with E-state index in [9.17, 15) is 4.89 Å². The van der Waals surface area contributed by atoms with E-state index in [0.717, 1.165) is 11.1 Å². The smallest absolute Gasteiger partial charge is 0.418 e. The van der Waals surface area contributed by atoms with Crippen molar-refractivity contribution in [1.82, 2.24) is 0 Å². The summed E-state index contributed by atoms with van der Waals surface area (Å²) in [5.74, 6) is 1.99. The van der Waals surface area contributed by atoms with Crippen molar-refractivity contribution >= 4 is 8.60 Å². The van der Waals surface area contributed by atoms with E-state index in [4.69, 9.17) is 9.05 Å². The van der Waals surface area contributed by atoms with Crippen LogP contribution >= 0.6 is 8.60 Å². The van der Waals surface area contributed by atoms with Crippen LogP contribution in [0.4, 0.5) is 0 Å². The zero-order valence-corrected chi connectivity index (χ0v) is 14.4. The Bertz CT molecular complexity index is 557. The molecule has 1 N–H and O–H groups in total. The van der Waals surface area contributed by atoms with E-state index in [1.165, 1.54) is 0 Å². The third-order valence-electron chi connectivity index (χ3n) is 3.43. The van der Waals surface area contributed by atoms with E-state index >= 15 is 0 Å². The van der Waals surface area contributed by atoms with E-state index in [1.54, 1.807) is 0 Å². The van der Waals surface area contributed by atoms with Crippen LogP contribution in [0.25, 0.3) is 0 Å². The third-order valence-corrected chi connectivity index (χ3v) is 4.14. The van der Waals surface area contributed by atoms with Crippen molar-refractivity contribution in [3.05, 3.63) is 59.7 Å². The largest absolute Gasteiger partial charge is 0.460 e. The maximum Gasteiger partial charge on any atom is 0.460 e. The fourth-order valence-corrected chi connectivity index (χ4v) is 2.97. The molecule has 0 fully saturated rings. The van der Waals surface area contributed by atoms with Gasteiger partial charge in [0.1, 0.15) is 11.5 Å².